The summed E-state index contributed by atoms with van der Waals surface area (Å²) in [5.41, 5.74) is 1.93. The van der Waals surface area contributed by atoms with Gasteiger partial charge in [-0.15, -0.1) is 10.2 Å². The molecule has 5 atom stereocenters. The van der Waals surface area contributed by atoms with Crippen molar-refractivity contribution < 1.29 is 14.2 Å². The number of hydrogen-bond acceptors (Lipinski definition) is 7. The van der Waals surface area contributed by atoms with E-state index in [9.17, 15) is 5.11 Å². The Kier molecular flexibility index (Phi) is 5.30. The molecule has 168 valence electrons. The number of phenols is 1. The molecule has 1 N–H and O–H groups in total. The average Bonchev–Trinajstić information content (AvgIpc) is 3.41. The van der Waals surface area contributed by atoms with Crippen LogP contribution in [-0.2, 0) is 4.74 Å². The van der Waals surface area contributed by atoms with Crippen LogP contribution in [0.2, 0.25) is 0 Å². The van der Waals surface area contributed by atoms with E-state index < -0.39 is 6.17 Å². The fourth-order valence-corrected chi connectivity index (χ4v) is 5.14. The molecule has 2 bridgehead atoms. The second kappa shape index (κ2) is 8.14. The van der Waals surface area contributed by atoms with Gasteiger partial charge in [-0.05, 0) is 44.2 Å². The first-order chi connectivity index (χ1) is 15.5. The van der Waals surface area contributed by atoms with Crippen molar-refractivity contribution in [3.63, 3.8) is 0 Å². The minimum atomic E-state index is -0.998. The van der Waals surface area contributed by atoms with E-state index in [4.69, 9.17) is 4.74 Å². The maximum Gasteiger partial charge on any atom is 0.151 e. The van der Waals surface area contributed by atoms with Crippen LogP contribution in [0.25, 0.3) is 16.9 Å². The molecule has 2 fully saturated rings. The van der Waals surface area contributed by atoms with Crippen LogP contribution < -0.4 is 4.90 Å². The van der Waals surface area contributed by atoms with E-state index in [0.717, 1.165) is 5.69 Å². The van der Waals surface area contributed by atoms with Crippen molar-refractivity contribution in [3.8, 4) is 22.7 Å². The van der Waals surface area contributed by atoms with Crippen LogP contribution in [0.1, 0.15) is 12.8 Å². The maximum absolute atomic E-state index is 15.4. The first-order valence-corrected chi connectivity index (χ1v) is 10.7. The van der Waals surface area contributed by atoms with Gasteiger partial charge in [0.2, 0.25) is 0 Å². The molecule has 9 heteroatoms. The summed E-state index contributed by atoms with van der Waals surface area (Å²) in [6, 6.07) is 8.73. The Bertz CT molecular complexity index is 1070. The van der Waals surface area contributed by atoms with Crippen molar-refractivity contribution in [2.45, 2.75) is 43.2 Å². The Balaban J connectivity index is 1.35. The minimum absolute atomic E-state index is 0.0587. The molecule has 1 aromatic carbocycles. The number of likely N-dealkylation sites (N-methyl/N-ethyl adjacent to an activating group) is 1. The Morgan fingerprint density at radius 2 is 2.00 bits per heavy atom. The van der Waals surface area contributed by atoms with Gasteiger partial charge in [0.1, 0.15) is 11.9 Å². The number of benzene rings is 1. The van der Waals surface area contributed by atoms with Crippen LogP contribution >= 0.6 is 0 Å². The number of methoxy groups -OCH3 is 1. The molecule has 4 heterocycles. The number of aromatic nitrogens is 4. The highest BCUT2D eigenvalue weighted by atomic mass is 19.1. The molecule has 0 amide bonds. The number of piperidine rings is 1. The van der Waals surface area contributed by atoms with Gasteiger partial charge in [0.25, 0.3) is 0 Å². The number of ether oxygens (including phenoxy) is 1. The van der Waals surface area contributed by atoms with Crippen molar-refractivity contribution in [1.82, 2.24) is 24.6 Å². The number of halogens is 1. The molecule has 3 aromatic rings. The summed E-state index contributed by atoms with van der Waals surface area (Å²) in [6.45, 7) is 0. The number of fused-ring (bicyclic) bond motifs is 2. The lowest BCUT2D eigenvalue weighted by Gasteiger charge is -2.43. The smallest absolute Gasteiger partial charge is 0.151 e. The van der Waals surface area contributed by atoms with Gasteiger partial charge in [-0.1, -0.05) is 0 Å². The number of rotatable bonds is 5. The highest BCUT2D eigenvalue weighted by Crippen LogP contribution is 2.40. The quantitative estimate of drug-likeness (QED) is 0.656. The Morgan fingerprint density at radius 1 is 1.16 bits per heavy atom. The number of nitrogens with zero attached hydrogens (tertiary/aromatic N) is 6. The maximum atomic E-state index is 15.4. The van der Waals surface area contributed by atoms with Gasteiger partial charge >= 0.3 is 0 Å². The number of alkyl halides is 1. The Morgan fingerprint density at radius 3 is 2.66 bits per heavy atom. The molecule has 32 heavy (non-hydrogen) atoms. The average molecular weight is 439 g/mol. The summed E-state index contributed by atoms with van der Waals surface area (Å²) in [5.74, 6) is 0.710. The molecule has 2 aliphatic heterocycles. The van der Waals surface area contributed by atoms with Crippen LogP contribution in [-0.4, -0.2) is 81.4 Å². The summed E-state index contributed by atoms with van der Waals surface area (Å²) in [7, 11) is 5.55. The molecular weight excluding hydrogens is 411 g/mol. The summed E-state index contributed by atoms with van der Waals surface area (Å²) in [6.07, 6.45) is 5.60. The third-order valence-corrected chi connectivity index (χ3v) is 7.04. The molecule has 8 nitrogen and oxygen atoms in total. The first kappa shape index (κ1) is 20.8. The third-order valence-electron chi connectivity index (χ3n) is 7.04. The monoisotopic (exact) mass is 438 g/mol. The van der Waals surface area contributed by atoms with Gasteiger partial charge in [0, 0.05) is 50.3 Å². The van der Waals surface area contributed by atoms with Crippen molar-refractivity contribution >= 4 is 5.82 Å². The van der Waals surface area contributed by atoms with E-state index in [1.807, 2.05) is 35.7 Å². The predicted octanol–water partition coefficient (Wildman–Crippen LogP) is 2.67. The first-order valence-electron chi connectivity index (χ1n) is 10.7. The summed E-state index contributed by atoms with van der Waals surface area (Å²) < 4.78 is 22.8. The molecular formula is C23H27FN6O2. The van der Waals surface area contributed by atoms with Crippen LogP contribution in [0.3, 0.4) is 0 Å². The van der Waals surface area contributed by atoms with Crippen LogP contribution in [0, 0.1) is 0 Å². The van der Waals surface area contributed by atoms with E-state index in [1.54, 1.807) is 44.0 Å². The zero-order chi connectivity index (χ0) is 22.4. The summed E-state index contributed by atoms with van der Waals surface area (Å²) in [5, 5.41) is 19.2. The standard InChI is InChI=1S/C23H27FN6O2/c1-28-17-11-18(23(24)19(28)12-21(17)32-3)29(2)22-7-6-16(26-27-22)15-5-4-14(10-20(15)31)30-9-8-25-13-30/h4-10,13,17-19,21,23,31H,11-12H2,1-3H3/t17-,18+,19-,21+,23-/m0/s1. The molecule has 0 aliphatic carbocycles. The lowest BCUT2D eigenvalue weighted by atomic mass is 9.94. The number of phenolic OH excluding ortho intramolecular Hbond substituents is 1. The molecule has 2 saturated heterocycles. The van der Waals surface area contributed by atoms with Crippen molar-refractivity contribution in [2.24, 2.45) is 0 Å². The van der Waals surface area contributed by atoms with Gasteiger partial charge in [-0.3, -0.25) is 4.90 Å². The van der Waals surface area contributed by atoms with Crippen LogP contribution in [0.4, 0.5) is 10.2 Å². The van der Waals surface area contributed by atoms with E-state index >= 15 is 4.39 Å². The zero-order valence-electron chi connectivity index (χ0n) is 18.3. The second-order valence-electron chi connectivity index (χ2n) is 8.62. The Hall–Kier alpha value is -3.04. The van der Waals surface area contributed by atoms with Crippen molar-refractivity contribution in [1.29, 1.82) is 0 Å². The fraction of sp³-hybridized carbons (Fsp3) is 0.435. The number of aromatic hydroxyl groups is 1. The summed E-state index contributed by atoms with van der Waals surface area (Å²) >= 11 is 0. The molecule has 2 aliphatic rings. The second-order valence-corrected chi connectivity index (χ2v) is 8.62. The van der Waals surface area contributed by atoms with Gasteiger partial charge in [0.05, 0.1) is 29.9 Å². The predicted molar refractivity (Wildman–Crippen MR) is 119 cm³/mol. The largest absolute Gasteiger partial charge is 0.507 e. The molecule has 2 aromatic heterocycles. The zero-order valence-corrected chi connectivity index (χ0v) is 18.3. The fourth-order valence-electron chi connectivity index (χ4n) is 5.14. The lowest BCUT2D eigenvalue weighted by Crippen LogP contribution is -2.57. The molecule has 0 unspecified atom stereocenters. The van der Waals surface area contributed by atoms with E-state index in [0.29, 0.717) is 29.9 Å². The minimum Gasteiger partial charge on any atom is -0.507 e. The van der Waals surface area contributed by atoms with E-state index in [2.05, 4.69) is 20.1 Å². The van der Waals surface area contributed by atoms with Crippen molar-refractivity contribution in [3.05, 3.63) is 49.1 Å². The molecule has 0 saturated carbocycles. The number of hydrogen-bond donors (Lipinski definition) is 1. The lowest BCUT2D eigenvalue weighted by molar-refractivity contribution is 0.0345. The number of imidazole rings is 1. The van der Waals surface area contributed by atoms with Crippen LogP contribution in [0.15, 0.2) is 49.1 Å². The number of anilines is 1. The third kappa shape index (κ3) is 3.41. The highest BCUT2D eigenvalue weighted by Gasteiger charge is 2.52. The van der Waals surface area contributed by atoms with Gasteiger partial charge in [0.15, 0.2) is 5.82 Å². The van der Waals surface area contributed by atoms with Gasteiger partial charge in [-0.25, -0.2) is 9.37 Å². The summed E-state index contributed by atoms with van der Waals surface area (Å²) in [4.78, 5) is 8.03. The molecule has 0 spiro atoms. The van der Waals surface area contributed by atoms with Gasteiger partial charge < -0.3 is 19.3 Å². The van der Waals surface area contributed by atoms with E-state index in [-0.39, 0.29) is 30.0 Å². The molecule has 0 radical (unpaired) electrons. The highest BCUT2D eigenvalue weighted by molar-refractivity contribution is 5.69. The molecule has 5 rings (SSSR count). The van der Waals surface area contributed by atoms with E-state index in [1.165, 1.54) is 0 Å². The van der Waals surface area contributed by atoms with Gasteiger partial charge in [-0.2, -0.15) is 0 Å². The van der Waals surface area contributed by atoms with Crippen molar-refractivity contribution in [2.75, 3.05) is 26.1 Å². The SMILES string of the molecule is CO[C@@H]1C[C@H]2[C@@H](F)[C@H](N(C)c3ccc(-c4ccc(-n5ccnc5)cc4O)nn3)C[C@@H]1N2C. The topological polar surface area (TPSA) is 79.5 Å². The normalized spacial score (nSPS) is 27.6. The Labute approximate surface area is 186 Å². The van der Waals surface area contributed by atoms with Crippen LogP contribution in [0.5, 0.6) is 5.75 Å².